The molecule has 4 heteroatoms. The van der Waals surface area contributed by atoms with Gasteiger partial charge in [-0.15, -0.1) is 0 Å². The van der Waals surface area contributed by atoms with E-state index in [9.17, 15) is 0 Å². The normalized spacial score (nSPS) is 11.4. The lowest BCUT2D eigenvalue weighted by Crippen LogP contribution is -2.00. The van der Waals surface area contributed by atoms with Crippen molar-refractivity contribution in [1.82, 2.24) is 0 Å². The Kier molecular flexibility index (Phi) is 16.6. The van der Waals surface area contributed by atoms with E-state index in [2.05, 4.69) is 20.8 Å². The van der Waals surface area contributed by atoms with Crippen molar-refractivity contribution in [1.29, 1.82) is 0 Å². The third-order valence-corrected chi connectivity index (χ3v) is 4.01. The van der Waals surface area contributed by atoms with Crippen molar-refractivity contribution in [2.45, 2.75) is 78.6 Å². The molecule has 0 heterocycles. The Balaban J connectivity index is 3.66. The molecule has 0 rings (SSSR count). The molecule has 0 unspecified atom stereocenters. The molecule has 0 N–H and O–H groups in total. The second-order valence-electron chi connectivity index (χ2n) is 4.84. The van der Waals surface area contributed by atoms with Crippen LogP contribution in [-0.4, -0.2) is 19.8 Å². The second-order valence-corrected chi connectivity index (χ2v) is 6.07. The van der Waals surface area contributed by atoms with E-state index >= 15 is 0 Å². The lowest BCUT2D eigenvalue weighted by Gasteiger charge is -2.16. The van der Waals surface area contributed by atoms with Crippen LogP contribution in [0.4, 0.5) is 0 Å². The molecule has 0 atom stereocenters. The summed E-state index contributed by atoms with van der Waals surface area (Å²) in [5.74, 6) is 0. The van der Waals surface area contributed by atoms with E-state index in [4.69, 9.17) is 13.6 Å². The van der Waals surface area contributed by atoms with Crippen molar-refractivity contribution in [3.63, 3.8) is 0 Å². The average Bonchev–Trinajstić information content (AvgIpc) is 2.43. The minimum Gasteiger partial charge on any atom is -0.312 e. The lowest BCUT2D eigenvalue weighted by atomic mass is 10.3. The van der Waals surface area contributed by atoms with Crippen LogP contribution in [0.25, 0.3) is 0 Å². The summed E-state index contributed by atoms with van der Waals surface area (Å²) < 4.78 is 17.2. The summed E-state index contributed by atoms with van der Waals surface area (Å²) in [5.41, 5.74) is 0. The molecule has 0 bridgehead atoms. The molecule has 3 nitrogen and oxygen atoms in total. The number of hydrogen-bond donors (Lipinski definition) is 0. The monoisotopic (exact) mass is 292 g/mol. The average molecular weight is 292 g/mol. The maximum absolute atomic E-state index is 5.72. The molecular weight excluding hydrogens is 259 g/mol. The Morgan fingerprint density at radius 2 is 0.842 bits per heavy atom. The Morgan fingerprint density at radius 3 is 1.11 bits per heavy atom. The molecule has 0 saturated heterocycles. The maximum atomic E-state index is 5.72. The van der Waals surface area contributed by atoms with Gasteiger partial charge in [-0.2, -0.15) is 0 Å². The van der Waals surface area contributed by atoms with Gasteiger partial charge in [0.15, 0.2) is 0 Å². The van der Waals surface area contributed by atoms with Crippen molar-refractivity contribution in [2.75, 3.05) is 19.8 Å². The first-order chi connectivity index (χ1) is 9.35. The van der Waals surface area contributed by atoms with Gasteiger partial charge in [-0.25, -0.2) is 0 Å². The van der Waals surface area contributed by atoms with Gasteiger partial charge >= 0.3 is 8.60 Å². The van der Waals surface area contributed by atoms with Gasteiger partial charge in [-0.05, 0) is 19.3 Å². The van der Waals surface area contributed by atoms with Crippen LogP contribution < -0.4 is 0 Å². The minimum atomic E-state index is -1.11. The maximum Gasteiger partial charge on any atom is 0.332 e. The van der Waals surface area contributed by atoms with E-state index in [1.807, 2.05) is 0 Å². The van der Waals surface area contributed by atoms with Crippen LogP contribution in [-0.2, 0) is 13.6 Å². The fourth-order valence-corrected chi connectivity index (χ4v) is 2.64. The van der Waals surface area contributed by atoms with Gasteiger partial charge in [-0.3, -0.25) is 0 Å². The molecule has 0 fully saturated rings. The Morgan fingerprint density at radius 1 is 0.526 bits per heavy atom. The predicted molar refractivity (Wildman–Crippen MR) is 83.4 cm³/mol. The Bertz CT molecular complexity index is 139. The van der Waals surface area contributed by atoms with E-state index < -0.39 is 8.60 Å². The highest BCUT2D eigenvalue weighted by atomic mass is 31.2. The van der Waals surface area contributed by atoms with Gasteiger partial charge in [0.2, 0.25) is 0 Å². The zero-order valence-corrected chi connectivity index (χ0v) is 14.1. The molecule has 0 saturated carbocycles. The standard InChI is InChI=1S/C15H33O3P/c1-4-7-10-13-16-19(17-14-11-8-5-2)18-15-12-9-6-3/h4-15H2,1-3H3. The number of hydrogen-bond acceptors (Lipinski definition) is 3. The van der Waals surface area contributed by atoms with Crippen LogP contribution in [0.5, 0.6) is 0 Å². The fourth-order valence-electron chi connectivity index (χ4n) is 1.59. The summed E-state index contributed by atoms with van der Waals surface area (Å²) in [6.07, 6.45) is 10.6. The SMILES string of the molecule is CCCCCOP(OCCCCC)OCCCCC. The first-order valence-electron chi connectivity index (χ1n) is 8.04. The molecule has 0 aromatic rings. The van der Waals surface area contributed by atoms with Gasteiger partial charge < -0.3 is 13.6 Å². The molecule has 0 amide bonds. The van der Waals surface area contributed by atoms with Crippen LogP contribution in [0.3, 0.4) is 0 Å². The summed E-state index contributed by atoms with van der Waals surface area (Å²) >= 11 is 0. The van der Waals surface area contributed by atoms with Gasteiger partial charge in [-0.1, -0.05) is 59.3 Å². The zero-order valence-electron chi connectivity index (χ0n) is 13.2. The van der Waals surface area contributed by atoms with Gasteiger partial charge in [0, 0.05) is 0 Å². The fraction of sp³-hybridized carbons (Fsp3) is 1.00. The summed E-state index contributed by atoms with van der Waals surface area (Å²) in [6, 6.07) is 0. The first kappa shape index (κ1) is 19.3. The molecule has 0 aromatic heterocycles. The quantitative estimate of drug-likeness (QED) is 0.280. The summed E-state index contributed by atoms with van der Waals surface area (Å²) in [5, 5.41) is 0. The summed E-state index contributed by atoms with van der Waals surface area (Å²) in [4.78, 5) is 0. The van der Waals surface area contributed by atoms with Gasteiger partial charge in [0.05, 0.1) is 19.8 Å². The van der Waals surface area contributed by atoms with Gasteiger partial charge in [0.1, 0.15) is 0 Å². The van der Waals surface area contributed by atoms with E-state index in [1.54, 1.807) is 0 Å². The Labute approximate surface area is 121 Å². The van der Waals surface area contributed by atoms with Crippen molar-refractivity contribution < 1.29 is 13.6 Å². The molecule has 19 heavy (non-hydrogen) atoms. The second kappa shape index (κ2) is 16.4. The molecule has 0 aliphatic carbocycles. The van der Waals surface area contributed by atoms with Crippen LogP contribution >= 0.6 is 8.60 Å². The molecule has 0 aliphatic rings. The third kappa shape index (κ3) is 14.5. The number of unbranched alkanes of at least 4 members (excludes halogenated alkanes) is 6. The smallest absolute Gasteiger partial charge is 0.312 e. The van der Waals surface area contributed by atoms with Crippen molar-refractivity contribution in [3.05, 3.63) is 0 Å². The lowest BCUT2D eigenvalue weighted by molar-refractivity contribution is 0.154. The van der Waals surface area contributed by atoms with Crippen molar-refractivity contribution >= 4 is 8.60 Å². The van der Waals surface area contributed by atoms with Crippen LogP contribution in [0.2, 0.25) is 0 Å². The van der Waals surface area contributed by atoms with E-state index in [1.165, 1.54) is 38.5 Å². The van der Waals surface area contributed by atoms with E-state index in [0.29, 0.717) is 0 Å². The topological polar surface area (TPSA) is 27.7 Å². The van der Waals surface area contributed by atoms with Crippen LogP contribution in [0.15, 0.2) is 0 Å². The molecule has 116 valence electrons. The largest absolute Gasteiger partial charge is 0.332 e. The van der Waals surface area contributed by atoms with Crippen LogP contribution in [0.1, 0.15) is 78.6 Å². The highest BCUT2D eigenvalue weighted by molar-refractivity contribution is 7.41. The third-order valence-electron chi connectivity index (χ3n) is 2.83. The van der Waals surface area contributed by atoms with E-state index in [0.717, 1.165) is 39.1 Å². The van der Waals surface area contributed by atoms with Crippen molar-refractivity contribution in [3.8, 4) is 0 Å². The summed E-state index contributed by atoms with van der Waals surface area (Å²) in [7, 11) is -1.11. The van der Waals surface area contributed by atoms with Crippen LogP contribution in [0, 0.1) is 0 Å². The number of rotatable bonds is 15. The van der Waals surface area contributed by atoms with E-state index in [-0.39, 0.29) is 0 Å². The Hall–Kier alpha value is 0.310. The van der Waals surface area contributed by atoms with Gasteiger partial charge in [0.25, 0.3) is 0 Å². The highest BCUT2D eigenvalue weighted by Crippen LogP contribution is 2.40. The minimum absolute atomic E-state index is 0.765. The highest BCUT2D eigenvalue weighted by Gasteiger charge is 2.11. The molecule has 0 spiro atoms. The summed E-state index contributed by atoms with van der Waals surface area (Å²) in [6.45, 7) is 8.89. The molecular formula is C15H33O3P. The molecule has 0 aromatic carbocycles. The zero-order chi connectivity index (χ0) is 14.2. The van der Waals surface area contributed by atoms with Crippen molar-refractivity contribution in [2.24, 2.45) is 0 Å². The molecule has 0 radical (unpaired) electrons. The molecule has 0 aliphatic heterocycles. The first-order valence-corrected chi connectivity index (χ1v) is 9.13. The predicted octanol–water partition coefficient (Wildman–Crippen LogP) is 5.83.